The van der Waals surface area contributed by atoms with E-state index in [-0.39, 0.29) is 0 Å². The zero-order chi connectivity index (χ0) is 23.8. The molecule has 1 aliphatic rings. The van der Waals surface area contributed by atoms with Gasteiger partial charge in [-0.1, -0.05) is 120 Å². The van der Waals surface area contributed by atoms with Crippen molar-refractivity contribution in [2.45, 2.75) is 25.0 Å². The third kappa shape index (κ3) is 3.30. The number of rotatable bonds is 4. The van der Waals surface area contributed by atoms with Gasteiger partial charge in [-0.05, 0) is 13.8 Å². The van der Waals surface area contributed by atoms with E-state index in [1.54, 1.807) is 48.5 Å². The molecular weight excluding hydrogens is 424 g/mol. The van der Waals surface area contributed by atoms with Gasteiger partial charge in [-0.15, -0.1) is 0 Å². The van der Waals surface area contributed by atoms with Crippen LogP contribution in [0.25, 0.3) is 0 Å². The number of esters is 2. The maximum atomic E-state index is 14.1. The summed E-state index contributed by atoms with van der Waals surface area (Å²) in [6, 6.07) is 32.8. The second-order valence-corrected chi connectivity index (χ2v) is 8.61. The molecule has 0 radical (unpaired) electrons. The summed E-state index contributed by atoms with van der Waals surface area (Å²) in [5.74, 6) is -1.29. The molecule has 1 aliphatic heterocycles. The number of benzene rings is 4. The number of carbonyl (C=O) groups excluding carboxylic acids is 2. The number of carbonyl (C=O) groups is 2. The van der Waals surface area contributed by atoms with Crippen molar-refractivity contribution in [1.29, 1.82) is 0 Å². The highest BCUT2D eigenvalue weighted by atomic mass is 16.7. The van der Waals surface area contributed by atoms with E-state index < -0.39 is 23.1 Å². The minimum atomic E-state index is -1.71. The van der Waals surface area contributed by atoms with Crippen LogP contribution in [0.4, 0.5) is 0 Å². The van der Waals surface area contributed by atoms with Crippen molar-refractivity contribution in [1.82, 2.24) is 0 Å². The predicted molar refractivity (Wildman–Crippen MR) is 129 cm³/mol. The fourth-order valence-corrected chi connectivity index (χ4v) is 4.47. The van der Waals surface area contributed by atoms with Crippen LogP contribution in [0.2, 0.25) is 0 Å². The highest BCUT2D eigenvalue weighted by Gasteiger charge is 2.61. The minimum Gasteiger partial charge on any atom is -0.433 e. The highest BCUT2D eigenvalue weighted by molar-refractivity contribution is 5.98. The monoisotopic (exact) mass is 448 g/mol. The summed E-state index contributed by atoms with van der Waals surface area (Å²) >= 11 is 0. The molecule has 168 valence electrons. The van der Waals surface area contributed by atoms with Crippen molar-refractivity contribution >= 4 is 11.9 Å². The van der Waals surface area contributed by atoms with Gasteiger partial charge in [-0.25, -0.2) is 9.59 Å². The van der Waals surface area contributed by atoms with Gasteiger partial charge < -0.3 is 9.47 Å². The fraction of sp³-hybridized carbons (Fsp3) is 0.133. The normalized spacial score (nSPS) is 22.1. The molecule has 0 aromatic heterocycles. The Kier molecular flexibility index (Phi) is 5.29. The summed E-state index contributed by atoms with van der Waals surface area (Å²) in [6.45, 7) is 3.92. The molecule has 4 nitrogen and oxygen atoms in total. The zero-order valence-electron chi connectivity index (χ0n) is 19.0. The van der Waals surface area contributed by atoms with E-state index in [4.69, 9.17) is 9.47 Å². The molecule has 0 unspecified atom stereocenters. The number of ether oxygens (including phenoxy) is 2. The molecule has 0 spiro atoms. The molecule has 5 rings (SSSR count). The average molecular weight is 449 g/mol. The van der Waals surface area contributed by atoms with Crippen molar-refractivity contribution in [2.24, 2.45) is 0 Å². The first-order chi connectivity index (χ1) is 16.5. The zero-order valence-corrected chi connectivity index (χ0v) is 19.0. The van der Waals surface area contributed by atoms with Crippen LogP contribution < -0.4 is 0 Å². The number of cyclic esters (lactones) is 2. The van der Waals surface area contributed by atoms with Crippen LogP contribution in [0, 0.1) is 13.8 Å². The van der Waals surface area contributed by atoms with Crippen LogP contribution in [-0.4, -0.2) is 11.9 Å². The van der Waals surface area contributed by atoms with Gasteiger partial charge in [0.2, 0.25) is 0 Å². The van der Waals surface area contributed by atoms with E-state index in [2.05, 4.69) is 0 Å². The lowest BCUT2D eigenvalue weighted by Crippen LogP contribution is -2.57. The van der Waals surface area contributed by atoms with Crippen LogP contribution in [0.15, 0.2) is 109 Å². The Morgan fingerprint density at radius 3 is 1.06 bits per heavy atom. The van der Waals surface area contributed by atoms with Crippen molar-refractivity contribution in [3.63, 3.8) is 0 Å². The van der Waals surface area contributed by atoms with E-state index in [0.717, 1.165) is 11.1 Å². The summed E-state index contributed by atoms with van der Waals surface area (Å²) in [6.07, 6.45) is 0. The molecule has 4 aromatic carbocycles. The molecular formula is C30H24O4. The summed E-state index contributed by atoms with van der Waals surface area (Å²) in [4.78, 5) is 28.2. The molecule has 4 aromatic rings. The van der Waals surface area contributed by atoms with Crippen LogP contribution in [-0.2, 0) is 30.3 Å². The largest absolute Gasteiger partial charge is 0.433 e. The summed E-state index contributed by atoms with van der Waals surface area (Å²) in [7, 11) is 0. The van der Waals surface area contributed by atoms with Crippen molar-refractivity contribution in [3.05, 3.63) is 143 Å². The molecule has 34 heavy (non-hydrogen) atoms. The van der Waals surface area contributed by atoms with E-state index in [9.17, 15) is 9.59 Å². The first-order valence-corrected chi connectivity index (χ1v) is 11.2. The molecule has 2 atom stereocenters. The third-order valence-corrected chi connectivity index (χ3v) is 6.34. The van der Waals surface area contributed by atoms with E-state index in [0.29, 0.717) is 22.3 Å². The number of hydrogen-bond donors (Lipinski definition) is 0. The Labute approximate surface area is 198 Å². The fourth-order valence-electron chi connectivity index (χ4n) is 4.47. The van der Waals surface area contributed by atoms with Gasteiger partial charge in [0.25, 0.3) is 11.2 Å². The molecule has 4 heteroatoms. The molecule has 0 aliphatic carbocycles. The van der Waals surface area contributed by atoms with Crippen LogP contribution in [0.3, 0.4) is 0 Å². The van der Waals surface area contributed by atoms with E-state index in [1.165, 1.54) is 0 Å². The van der Waals surface area contributed by atoms with Gasteiger partial charge in [-0.3, -0.25) is 0 Å². The van der Waals surface area contributed by atoms with Crippen LogP contribution in [0.5, 0.6) is 0 Å². The predicted octanol–water partition coefficient (Wildman–Crippen LogP) is 5.59. The molecule has 0 saturated carbocycles. The van der Waals surface area contributed by atoms with Crippen molar-refractivity contribution in [3.8, 4) is 0 Å². The van der Waals surface area contributed by atoms with Crippen LogP contribution in [0.1, 0.15) is 33.4 Å². The minimum absolute atomic E-state index is 0.530. The Morgan fingerprint density at radius 2 is 0.735 bits per heavy atom. The summed E-state index contributed by atoms with van der Waals surface area (Å²) in [5.41, 5.74) is 0.762. The Hall–Kier alpha value is -4.18. The summed E-state index contributed by atoms with van der Waals surface area (Å²) in [5, 5.41) is 0. The topological polar surface area (TPSA) is 52.6 Å². The molecule has 0 N–H and O–H groups in total. The average Bonchev–Trinajstić information content (AvgIpc) is 2.87. The van der Waals surface area contributed by atoms with Gasteiger partial charge in [0.1, 0.15) is 0 Å². The smallest absolute Gasteiger partial charge is 0.362 e. The molecule has 1 fully saturated rings. The Bertz CT molecular complexity index is 1220. The Morgan fingerprint density at radius 1 is 0.441 bits per heavy atom. The first kappa shape index (κ1) is 21.7. The molecule has 1 heterocycles. The Balaban J connectivity index is 1.73. The maximum Gasteiger partial charge on any atom is 0.362 e. The molecule has 1 saturated heterocycles. The lowest BCUT2D eigenvalue weighted by atomic mass is 9.80. The van der Waals surface area contributed by atoms with Gasteiger partial charge in [0.05, 0.1) is 0 Å². The van der Waals surface area contributed by atoms with Crippen LogP contribution >= 0.6 is 0 Å². The van der Waals surface area contributed by atoms with E-state index >= 15 is 0 Å². The number of aryl methyl sites for hydroxylation is 2. The molecule has 0 amide bonds. The third-order valence-electron chi connectivity index (χ3n) is 6.34. The lowest BCUT2D eigenvalue weighted by Gasteiger charge is -2.44. The lowest BCUT2D eigenvalue weighted by molar-refractivity contribution is -0.219. The quantitative estimate of drug-likeness (QED) is 0.382. The number of hydrogen-bond acceptors (Lipinski definition) is 4. The highest BCUT2D eigenvalue weighted by Crippen LogP contribution is 2.47. The second-order valence-electron chi connectivity index (χ2n) is 8.61. The first-order valence-electron chi connectivity index (χ1n) is 11.2. The van der Waals surface area contributed by atoms with Gasteiger partial charge in [-0.2, -0.15) is 0 Å². The maximum absolute atomic E-state index is 14.1. The van der Waals surface area contributed by atoms with Gasteiger partial charge >= 0.3 is 11.9 Å². The SMILES string of the molecule is Cc1ccc([C@@]2(c3ccccc3)OC(=O)[C@](c3ccccc3)(c3ccc(C)cc3)OC2=O)cc1. The van der Waals surface area contributed by atoms with Crippen molar-refractivity contribution in [2.75, 3.05) is 0 Å². The molecule has 0 bridgehead atoms. The second kappa shape index (κ2) is 8.31. The van der Waals surface area contributed by atoms with Crippen molar-refractivity contribution < 1.29 is 19.1 Å². The standard InChI is InChI=1S/C30H24O4/c1-21-13-17-25(18-14-21)29(23-9-5-3-6-10-23)27(31)34-30(28(32)33-29,24-11-7-4-8-12-24)26-19-15-22(2)16-20-26/h3-20H,1-2H3/t29-,30+. The van der Waals surface area contributed by atoms with Gasteiger partial charge in [0, 0.05) is 22.3 Å². The van der Waals surface area contributed by atoms with E-state index in [1.807, 2.05) is 74.5 Å². The summed E-state index contributed by atoms with van der Waals surface area (Å²) < 4.78 is 12.5. The van der Waals surface area contributed by atoms with Gasteiger partial charge in [0.15, 0.2) is 0 Å².